The minimum absolute atomic E-state index is 0.0538. The second kappa shape index (κ2) is 8.36. The van der Waals surface area contributed by atoms with Crippen LogP contribution in [0.25, 0.3) is 0 Å². The van der Waals surface area contributed by atoms with E-state index in [9.17, 15) is 4.79 Å². The lowest BCUT2D eigenvalue weighted by atomic mass is 9.76. The number of nitrogens with one attached hydrogen (secondary N) is 1. The standard InChI is InChI=1S/C20H34N4OS/c1-5-10-24-14-20(7-11-23(4)12-8-20)13-17(24)19(25)21-9-6-18-22-15(2)16(3)26-18/h17H,5-14H2,1-4H3,(H,21,25)/t17-/m0/s1. The van der Waals surface area contributed by atoms with Crippen LogP contribution >= 0.6 is 11.3 Å². The molecule has 1 spiro atoms. The van der Waals surface area contributed by atoms with Crippen LogP contribution in [-0.4, -0.2) is 66.5 Å². The van der Waals surface area contributed by atoms with Gasteiger partial charge in [0, 0.05) is 24.4 Å². The van der Waals surface area contributed by atoms with Crippen molar-refractivity contribution in [2.24, 2.45) is 5.41 Å². The van der Waals surface area contributed by atoms with E-state index in [2.05, 4.69) is 47.9 Å². The zero-order chi connectivity index (χ0) is 18.7. The van der Waals surface area contributed by atoms with Crippen molar-refractivity contribution >= 4 is 17.2 Å². The summed E-state index contributed by atoms with van der Waals surface area (Å²) in [4.78, 5) is 23.6. The Bertz CT molecular complexity index is 602. The van der Waals surface area contributed by atoms with E-state index in [4.69, 9.17) is 0 Å². The highest BCUT2D eigenvalue weighted by Gasteiger charge is 2.47. The molecular weight excluding hydrogens is 344 g/mol. The van der Waals surface area contributed by atoms with E-state index in [-0.39, 0.29) is 11.9 Å². The van der Waals surface area contributed by atoms with Crippen LogP contribution in [0.5, 0.6) is 0 Å². The second-order valence-corrected chi connectivity index (χ2v) is 9.57. The minimum atomic E-state index is 0.0538. The van der Waals surface area contributed by atoms with E-state index in [1.807, 2.05) is 0 Å². The molecule has 1 amide bonds. The molecule has 2 aliphatic heterocycles. The molecule has 3 rings (SSSR count). The molecule has 146 valence electrons. The maximum absolute atomic E-state index is 12.9. The highest BCUT2D eigenvalue weighted by atomic mass is 32.1. The molecule has 0 aromatic carbocycles. The largest absolute Gasteiger partial charge is 0.354 e. The average molecular weight is 379 g/mol. The summed E-state index contributed by atoms with van der Waals surface area (Å²) < 4.78 is 0. The fraction of sp³-hybridized carbons (Fsp3) is 0.800. The van der Waals surface area contributed by atoms with E-state index >= 15 is 0 Å². The van der Waals surface area contributed by atoms with Crippen LogP contribution in [0, 0.1) is 19.3 Å². The van der Waals surface area contributed by atoms with E-state index in [0.717, 1.165) is 56.1 Å². The summed E-state index contributed by atoms with van der Waals surface area (Å²) in [7, 11) is 2.21. The quantitative estimate of drug-likeness (QED) is 0.827. The molecule has 0 radical (unpaired) electrons. The van der Waals surface area contributed by atoms with Gasteiger partial charge in [-0.3, -0.25) is 9.69 Å². The molecule has 26 heavy (non-hydrogen) atoms. The molecule has 0 saturated carbocycles. The van der Waals surface area contributed by atoms with Crippen LogP contribution in [0.1, 0.15) is 48.2 Å². The van der Waals surface area contributed by atoms with Crippen LogP contribution in [0.3, 0.4) is 0 Å². The highest BCUT2D eigenvalue weighted by Crippen LogP contribution is 2.43. The third kappa shape index (κ3) is 4.46. The number of carbonyl (C=O) groups excluding carboxylic acids is 1. The summed E-state index contributed by atoms with van der Waals surface area (Å²) in [6.07, 6.45) is 5.43. The van der Waals surface area contributed by atoms with Gasteiger partial charge in [0.25, 0.3) is 0 Å². The fourth-order valence-corrected chi connectivity index (χ4v) is 5.37. The van der Waals surface area contributed by atoms with Crippen LogP contribution in [0.2, 0.25) is 0 Å². The molecule has 1 atom stereocenters. The summed E-state index contributed by atoms with van der Waals surface area (Å²) in [6.45, 7) is 11.5. The molecule has 1 aromatic rings. The fourth-order valence-electron chi connectivity index (χ4n) is 4.44. The van der Waals surface area contributed by atoms with Crippen molar-refractivity contribution in [3.63, 3.8) is 0 Å². The number of aryl methyl sites for hydroxylation is 2. The Morgan fingerprint density at radius 1 is 1.35 bits per heavy atom. The number of rotatable bonds is 6. The lowest BCUT2D eigenvalue weighted by molar-refractivity contribution is -0.125. The number of nitrogens with zero attached hydrogens (tertiary/aromatic N) is 3. The average Bonchev–Trinajstić information content (AvgIpc) is 3.12. The topological polar surface area (TPSA) is 48.5 Å². The molecule has 0 bridgehead atoms. The lowest BCUT2D eigenvalue weighted by Gasteiger charge is -2.37. The number of likely N-dealkylation sites (tertiary alicyclic amines) is 2. The maximum Gasteiger partial charge on any atom is 0.237 e. The molecular formula is C20H34N4OS. The molecule has 2 aliphatic rings. The molecule has 0 aliphatic carbocycles. The molecule has 2 saturated heterocycles. The van der Waals surface area contributed by atoms with Crippen molar-refractivity contribution in [1.29, 1.82) is 0 Å². The zero-order valence-corrected chi connectivity index (χ0v) is 17.6. The van der Waals surface area contributed by atoms with Gasteiger partial charge in [-0.25, -0.2) is 4.98 Å². The Kier molecular flexibility index (Phi) is 6.36. The Labute approximate surface area is 162 Å². The molecule has 5 nitrogen and oxygen atoms in total. The number of piperidine rings is 1. The van der Waals surface area contributed by atoms with Gasteiger partial charge in [-0.15, -0.1) is 11.3 Å². The first kappa shape index (κ1) is 19.8. The third-order valence-corrected chi connectivity index (χ3v) is 7.31. The number of thiazole rings is 1. The van der Waals surface area contributed by atoms with E-state index in [0.29, 0.717) is 12.0 Å². The van der Waals surface area contributed by atoms with Gasteiger partial charge in [0.2, 0.25) is 5.91 Å². The Morgan fingerprint density at radius 3 is 2.69 bits per heavy atom. The van der Waals surface area contributed by atoms with Gasteiger partial charge in [-0.2, -0.15) is 0 Å². The number of hydrogen-bond donors (Lipinski definition) is 1. The number of amides is 1. The molecule has 2 fully saturated rings. The van der Waals surface area contributed by atoms with Gasteiger partial charge in [0.05, 0.1) is 16.7 Å². The molecule has 6 heteroatoms. The predicted molar refractivity (Wildman–Crippen MR) is 108 cm³/mol. The van der Waals surface area contributed by atoms with E-state index in [1.165, 1.54) is 17.7 Å². The third-order valence-electron chi connectivity index (χ3n) is 6.18. The second-order valence-electron chi connectivity index (χ2n) is 8.28. The minimum Gasteiger partial charge on any atom is -0.354 e. The van der Waals surface area contributed by atoms with E-state index < -0.39 is 0 Å². The first-order chi connectivity index (χ1) is 12.4. The van der Waals surface area contributed by atoms with Crippen LogP contribution in [0.15, 0.2) is 0 Å². The Hall–Kier alpha value is -0.980. The smallest absolute Gasteiger partial charge is 0.237 e. The number of aromatic nitrogens is 1. The van der Waals surface area contributed by atoms with Crippen molar-refractivity contribution in [3.8, 4) is 0 Å². The first-order valence-corrected chi connectivity index (χ1v) is 10.9. The van der Waals surface area contributed by atoms with Gasteiger partial charge in [0.15, 0.2) is 0 Å². The summed E-state index contributed by atoms with van der Waals surface area (Å²) >= 11 is 1.75. The van der Waals surface area contributed by atoms with Gasteiger partial charge >= 0.3 is 0 Å². The van der Waals surface area contributed by atoms with Gasteiger partial charge < -0.3 is 10.2 Å². The summed E-state index contributed by atoms with van der Waals surface area (Å²) in [5, 5.41) is 4.33. The van der Waals surface area contributed by atoms with Crippen LogP contribution < -0.4 is 5.32 Å². The van der Waals surface area contributed by atoms with E-state index in [1.54, 1.807) is 11.3 Å². The number of hydrogen-bond acceptors (Lipinski definition) is 5. The van der Waals surface area contributed by atoms with Crippen molar-refractivity contribution in [2.45, 2.75) is 58.9 Å². The Morgan fingerprint density at radius 2 is 2.08 bits per heavy atom. The molecule has 0 unspecified atom stereocenters. The predicted octanol–water partition coefficient (Wildman–Crippen LogP) is 2.61. The zero-order valence-electron chi connectivity index (χ0n) is 16.8. The summed E-state index contributed by atoms with van der Waals surface area (Å²) in [5.41, 5.74) is 1.47. The van der Waals surface area contributed by atoms with Crippen molar-refractivity contribution in [3.05, 3.63) is 15.6 Å². The molecule has 1 N–H and O–H groups in total. The maximum atomic E-state index is 12.9. The van der Waals surface area contributed by atoms with Crippen molar-refractivity contribution in [2.75, 3.05) is 39.8 Å². The normalized spacial score (nSPS) is 23.6. The lowest BCUT2D eigenvalue weighted by Crippen LogP contribution is -2.44. The SMILES string of the molecule is CCCN1CC2(CCN(C)CC2)C[C@H]1C(=O)NCCc1nc(C)c(C)s1. The molecule has 1 aromatic heterocycles. The van der Waals surface area contributed by atoms with Gasteiger partial charge in [0.1, 0.15) is 0 Å². The molecule has 3 heterocycles. The highest BCUT2D eigenvalue weighted by molar-refractivity contribution is 7.11. The number of carbonyl (C=O) groups is 1. The van der Waals surface area contributed by atoms with Crippen molar-refractivity contribution < 1.29 is 4.79 Å². The van der Waals surface area contributed by atoms with Crippen LogP contribution in [0.4, 0.5) is 0 Å². The van der Waals surface area contributed by atoms with Crippen LogP contribution in [-0.2, 0) is 11.2 Å². The van der Waals surface area contributed by atoms with Gasteiger partial charge in [-0.05, 0) is 71.6 Å². The van der Waals surface area contributed by atoms with Crippen molar-refractivity contribution in [1.82, 2.24) is 20.1 Å². The summed E-state index contributed by atoms with van der Waals surface area (Å²) in [6, 6.07) is 0.0538. The summed E-state index contributed by atoms with van der Waals surface area (Å²) in [5.74, 6) is 0.222. The monoisotopic (exact) mass is 378 g/mol. The first-order valence-electron chi connectivity index (χ1n) is 10.1. The van der Waals surface area contributed by atoms with Gasteiger partial charge in [-0.1, -0.05) is 6.92 Å². The Balaban J connectivity index is 1.55.